The number of hydrogen-bond acceptors (Lipinski definition) is 2. The number of rotatable bonds is 2. The minimum absolute atomic E-state index is 0.0862. The molecule has 0 aliphatic carbocycles. The lowest BCUT2D eigenvalue weighted by Gasteiger charge is -2.09. The zero-order chi connectivity index (χ0) is 6.62. The van der Waals surface area contributed by atoms with Gasteiger partial charge >= 0.3 is 0 Å². The molecular weight excluding hydrogens is 130 g/mol. The average molecular weight is 136 g/mol. The fourth-order valence-corrected chi connectivity index (χ4v) is 0.177. The van der Waals surface area contributed by atoms with Crippen molar-refractivity contribution < 1.29 is 5.11 Å². The molecule has 0 saturated heterocycles. The number of hydrogen-bond donors (Lipinski definition) is 1. The Labute approximate surface area is 51.7 Å². The van der Waals surface area contributed by atoms with E-state index >= 15 is 0 Å². The molecule has 0 amide bonds. The van der Waals surface area contributed by atoms with E-state index in [9.17, 15) is 0 Å². The van der Waals surface area contributed by atoms with Crippen molar-refractivity contribution in [2.75, 3.05) is 5.88 Å². The van der Waals surface area contributed by atoms with E-state index in [0.29, 0.717) is 0 Å². The maximum Gasteiger partial charge on any atom is 0.154 e. The molecule has 0 fully saturated rings. The Morgan fingerprint density at radius 2 is 2.50 bits per heavy atom. The van der Waals surface area contributed by atoms with Gasteiger partial charge in [-0.15, -0.1) is 11.6 Å². The highest BCUT2D eigenvalue weighted by atomic mass is 35.5. The predicted molar refractivity (Wildman–Crippen MR) is 30.5 cm³/mol. The molecule has 4 nitrogen and oxygen atoms in total. The van der Waals surface area contributed by atoms with E-state index in [1.165, 1.54) is 6.92 Å². The van der Waals surface area contributed by atoms with Gasteiger partial charge in [0.15, 0.2) is 5.72 Å². The SMILES string of the molecule is CC(O)(CCl)N=[N+]=[N-]. The van der Waals surface area contributed by atoms with E-state index in [-0.39, 0.29) is 5.88 Å². The molecule has 0 rings (SSSR count). The van der Waals surface area contributed by atoms with Crippen molar-refractivity contribution in [1.29, 1.82) is 0 Å². The fraction of sp³-hybridized carbons (Fsp3) is 1.00. The Hall–Kier alpha value is -0.440. The van der Waals surface area contributed by atoms with Crippen molar-refractivity contribution in [1.82, 2.24) is 0 Å². The molecule has 0 aliphatic rings. The van der Waals surface area contributed by atoms with Crippen LogP contribution in [0.1, 0.15) is 6.92 Å². The van der Waals surface area contributed by atoms with Gasteiger partial charge in [-0.05, 0) is 12.5 Å². The first kappa shape index (κ1) is 7.56. The molecule has 1 atom stereocenters. The summed E-state index contributed by atoms with van der Waals surface area (Å²) in [6, 6.07) is 0. The van der Waals surface area contributed by atoms with Crippen LogP contribution in [-0.4, -0.2) is 16.7 Å². The molecule has 1 N–H and O–H groups in total. The molecule has 0 heterocycles. The molecular formula is C3H6ClN3O. The third-order valence-electron chi connectivity index (χ3n) is 0.513. The summed E-state index contributed by atoms with van der Waals surface area (Å²) < 4.78 is 0. The highest BCUT2D eigenvalue weighted by Crippen LogP contribution is 2.06. The van der Waals surface area contributed by atoms with Crippen LogP contribution in [0.2, 0.25) is 0 Å². The standard InChI is InChI=1S/C3H6ClN3O/c1-3(8,2-4)6-7-5/h8H,2H2,1H3. The van der Waals surface area contributed by atoms with Crippen LogP contribution in [0.25, 0.3) is 10.4 Å². The molecule has 0 saturated carbocycles. The number of nitrogens with zero attached hydrogens (tertiary/aromatic N) is 3. The molecule has 0 aromatic heterocycles. The van der Waals surface area contributed by atoms with Gasteiger partial charge in [0.25, 0.3) is 0 Å². The fourth-order valence-electron chi connectivity index (χ4n) is 0.123. The Balaban J connectivity index is 3.90. The first-order valence-corrected chi connectivity index (χ1v) is 2.50. The molecule has 0 radical (unpaired) electrons. The molecule has 5 heteroatoms. The van der Waals surface area contributed by atoms with Crippen LogP contribution in [0.15, 0.2) is 5.11 Å². The molecule has 0 aromatic carbocycles. The first-order chi connectivity index (χ1) is 3.62. The Bertz CT molecular complexity index is 118. The summed E-state index contributed by atoms with van der Waals surface area (Å²) in [6.07, 6.45) is 0. The van der Waals surface area contributed by atoms with Gasteiger partial charge in [-0.3, -0.25) is 0 Å². The van der Waals surface area contributed by atoms with Gasteiger partial charge in [0.2, 0.25) is 0 Å². The highest BCUT2D eigenvalue weighted by molar-refractivity contribution is 6.18. The first-order valence-electron chi connectivity index (χ1n) is 1.97. The highest BCUT2D eigenvalue weighted by Gasteiger charge is 2.14. The van der Waals surface area contributed by atoms with Crippen LogP contribution < -0.4 is 0 Å². The van der Waals surface area contributed by atoms with Crippen molar-refractivity contribution in [2.24, 2.45) is 5.11 Å². The Morgan fingerprint density at radius 1 is 2.00 bits per heavy atom. The summed E-state index contributed by atoms with van der Waals surface area (Å²) in [6.45, 7) is 1.33. The number of halogens is 1. The average Bonchev–Trinajstić information content (AvgIpc) is 1.67. The van der Waals surface area contributed by atoms with Gasteiger partial charge in [0.05, 0.1) is 5.88 Å². The van der Waals surface area contributed by atoms with E-state index in [1.54, 1.807) is 0 Å². The van der Waals surface area contributed by atoms with Crippen molar-refractivity contribution in [3.63, 3.8) is 0 Å². The summed E-state index contributed by atoms with van der Waals surface area (Å²) in [5, 5.41) is 11.8. The van der Waals surface area contributed by atoms with Crippen molar-refractivity contribution >= 4 is 11.6 Å². The molecule has 0 aromatic rings. The second-order valence-electron chi connectivity index (χ2n) is 1.54. The number of aliphatic hydroxyl groups is 1. The van der Waals surface area contributed by atoms with Crippen LogP contribution in [0.3, 0.4) is 0 Å². The van der Waals surface area contributed by atoms with Crippen LogP contribution in [0, 0.1) is 0 Å². The summed E-state index contributed by atoms with van der Waals surface area (Å²) in [7, 11) is 0. The molecule has 8 heavy (non-hydrogen) atoms. The maximum atomic E-state index is 8.77. The summed E-state index contributed by atoms with van der Waals surface area (Å²) in [5.74, 6) is -0.0862. The molecule has 0 aliphatic heterocycles. The van der Waals surface area contributed by atoms with Gasteiger partial charge in [-0.2, -0.15) is 0 Å². The minimum Gasteiger partial charge on any atom is -0.383 e. The van der Waals surface area contributed by atoms with Crippen LogP contribution >= 0.6 is 11.6 Å². The van der Waals surface area contributed by atoms with Crippen molar-refractivity contribution in [2.45, 2.75) is 12.6 Å². The zero-order valence-corrected chi connectivity index (χ0v) is 5.13. The van der Waals surface area contributed by atoms with E-state index in [1.807, 2.05) is 0 Å². The second-order valence-corrected chi connectivity index (χ2v) is 1.81. The third-order valence-corrected chi connectivity index (χ3v) is 1.02. The smallest absolute Gasteiger partial charge is 0.154 e. The lowest BCUT2D eigenvalue weighted by atomic mass is 10.3. The monoisotopic (exact) mass is 135 g/mol. The lowest BCUT2D eigenvalue weighted by molar-refractivity contribution is 0.0921. The Kier molecular flexibility index (Phi) is 2.62. The Morgan fingerprint density at radius 3 is 2.62 bits per heavy atom. The van der Waals surface area contributed by atoms with E-state index < -0.39 is 5.72 Å². The quantitative estimate of drug-likeness (QED) is 0.263. The predicted octanol–water partition coefficient (Wildman–Crippen LogP) is 1.24. The van der Waals surface area contributed by atoms with Crippen LogP contribution in [-0.2, 0) is 0 Å². The van der Waals surface area contributed by atoms with Gasteiger partial charge in [0, 0.05) is 4.91 Å². The van der Waals surface area contributed by atoms with Gasteiger partial charge in [-0.1, -0.05) is 5.11 Å². The van der Waals surface area contributed by atoms with Crippen LogP contribution in [0.5, 0.6) is 0 Å². The second kappa shape index (κ2) is 2.77. The van der Waals surface area contributed by atoms with E-state index in [4.69, 9.17) is 22.2 Å². The van der Waals surface area contributed by atoms with E-state index in [2.05, 4.69) is 10.0 Å². The normalized spacial score (nSPS) is 16.4. The largest absolute Gasteiger partial charge is 0.383 e. The van der Waals surface area contributed by atoms with Crippen molar-refractivity contribution in [3.8, 4) is 0 Å². The molecule has 1 unspecified atom stereocenters. The topological polar surface area (TPSA) is 69.0 Å². The molecule has 0 spiro atoms. The summed E-state index contributed by atoms with van der Waals surface area (Å²) >= 11 is 5.16. The molecule has 0 bridgehead atoms. The zero-order valence-electron chi connectivity index (χ0n) is 4.37. The summed E-state index contributed by atoms with van der Waals surface area (Å²) in [4.78, 5) is 2.37. The maximum absolute atomic E-state index is 8.77. The van der Waals surface area contributed by atoms with Gasteiger partial charge in [0.1, 0.15) is 0 Å². The summed E-state index contributed by atoms with van der Waals surface area (Å²) in [5.41, 5.74) is 6.34. The number of alkyl halides is 1. The minimum atomic E-state index is -1.43. The third kappa shape index (κ3) is 2.69. The number of azide groups is 1. The van der Waals surface area contributed by atoms with Crippen LogP contribution in [0.4, 0.5) is 0 Å². The van der Waals surface area contributed by atoms with E-state index in [0.717, 1.165) is 0 Å². The molecule has 46 valence electrons. The van der Waals surface area contributed by atoms with Crippen molar-refractivity contribution in [3.05, 3.63) is 10.4 Å². The van der Waals surface area contributed by atoms with Gasteiger partial charge in [-0.25, -0.2) is 0 Å². The lowest BCUT2D eigenvalue weighted by Crippen LogP contribution is -2.21. The van der Waals surface area contributed by atoms with Gasteiger partial charge < -0.3 is 5.11 Å².